The van der Waals surface area contributed by atoms with Gasteiger partial charge in [0, 0.05) is 11.8 Å². The van der Waals surface area contributed by atoms with Crippen LogP contribution < -0.4 is 15.4 Å². The number of carbonyl (C=O) groups is 1. The molecule has 1 amide bonds. The van der Waals surface area contributed by atoms with E-state index in [1.807, 2.05) is 0 Å². The molecule has 0 bridgehead atoms. The number of piperidine rings is 1. The van der Waals surface area contributed by atoms with Gasteiger partial charge in [0.1, 0.15) is 0 Å². The van der Waals surface area contributed by atoms with Crippen molar-refractivity contribution in [2.75, 3.05) is 19.0 Å². The third-order valence-corrected chi connectivity index (χ3v) is 3.05. The van der Waals surface area contributed by atoms with Crippen molar-refractivity contribution in [2.45, 2.75) is 25.3 Å². The van der Waals surface area contributed by atoms with Crippen LogP contribution in [0.4, 0.5) is 10.1 Å². The monoisotopic (exact) mass is 252 g/mol. The Bertz CT molecular complexity index is 431. The van der Waals surface area contributed by atoms with Gasteiger partial charge < -0.3 is 15.4 Å². The van der Waals surface area contributed by atoms with Crippen LogP contribution in [0.25, 0.3) is 0 Å². The fourth-order valence-corrected chi connectivity index (χ4v) is 2.04. The lowest BCUT2D eigenvalue weighted by Gasteiger charge is -2.22. The second-order valence-electron chi connectivity index (χ2n) is 4.34. The number of carbonyl (C=O) groups excluding carboxylic acids is 1. The number of benzene rings is 1. The Morgan fingerprint density at radius 2 is 2.33 bits per heavy atom. The van der Waals surface area contributed by atoms with E-state index in [1.54, 1.807) is 0 Å². The predicted molar refractivity (Wildman–Crippen MR) is 67.2 cm³/mol. The van der Waals surface area contributed by atoms with Gasteiger partial charge in [-0.1, -0.05) is 6.42 Å². The van der Waals surface area contributed by atoms with Gasteiger partial charge >= 0.3 is 0 Å². The van der Waals surface area contributed by atoms with Crippen LogP contribution in [-0.4, -0.2) is 25.6 Å². The molecule has 2 rings (SSSR count). The highest BCUT2D eigenvalue weighted by Gasteiger charge is 2.20. The summed E-state index contributed by atoms with van der Waals surface area (Å²) in [6, 6.07) is 4.13. The molecule has 1 aromatic rings. The van der Waals surface area contributed by atoms with E-state index >= 15 is 0 Å². The first-order chi connectivity index (χ1) is 8.70. The minimum Gasteiger partial charge on any atom is -0.494 e. The normalized spacial score (nSPS) is 19.3. The Morgan fingerprint density at radius 1 is 1.50 bits per heavy atom. The van der Waals surface area contributed by atoms with Crippen molar-refractivity contribution < 1.29 is 13.9 Å². The van der Waals surface area contributed by atoms with Crippen LogP contribution in [0.3, 0.4) is 0 Å². The van der Waals surface area contributed by atoms with Gasteiger partial charge in [-0.3, -0.25) is 4.79 Å². The third kappa shape index (κ3) is 2.98. The van der Waals surface area contributed by atoms with Gasteiger partial charge in [-0.25, -0.2) is 4.39 Å². The number of hydrogen-bond acceptors (Lipinski definition) is 3. The smallest absolute Gasteiger partial charge is 0.241 e. The minimum absolute atomic E-state index is 0.0802. The number of ether oxygens (including phenoxy) is 1. The van der Waals surface area contributed by atoms with Crippen molar-refractivity contribution in [3.05, 3.63) is 24.0 Å². The molecule has 2 N–H and O–H groups in total. The zero-order valence-corrected chi connectivity index (χ0v) is 10.3. The first-order valence-electron chi connectivity index (χ1n) is 6.08. The summed E-state index contributed by atoms with van der Waals surface area (Å²) in [5.41, 5.74) is 0.547. The van der Waals surface area contributed by atoms with Crippen LogP contribution in [-0.2, 0) is 4.79 Å². The number of halogens is 1. The summed E-state index contributed by atoms with van der Waals surface area (Å²) in [5, 5.41) is 5.93. The Morgan fingerprint density at radius 3 is 3.00 bits per heavy atom. The Hall–Kier alpha value is -1.62. The molecule has 4 nitrogen and oxygen atoms in total. The molecule has 1 atom stereocenters. The van der Waals surface area contributed by atoms with Gasteiger partial charge in [0.05, 0.1) is 13.2 Å². The summed E-state index contributed by atoms with van der Waals surface area (Å²) in [6.45, 7) is 0.866. The number of amides is 1. The van der Waals surface area contributed by atoms with Crippen molar-refractivity contribution in [3.63, 3.8) is 0 Å². The average molecular weight is 252 g/mol. The quantitative estimate of drug-likeness (QED) is 0.864. The first kappa shape index (κ1) is 12.8. The number of methoxy groups -OCH3 is 1. The molecular weight excluding hydrogens is 235 g/mol. The Balaban J connectivity index is 2.02. The number of anilines is 1. The summed E-state index contributed by atoms with van der Waals surface area (Å²) in [7, 11) is 1.40. The van der Waals surface area contributed by atoms with E-state index in [2.05, 4.69) is 10.6 Å². The Kier molecular flexibility index (Phi) is 4.15. The minimum atomic E-state index is -0.439. The van der Waals surface area contributed by atoms with Gasteiger partial charge in [0.15, 0.2) is 11.6 Å². The average Bonchev–Trinajstić information content (AvgIpc) is 2.42. The van der Waals surface area contributed by atoms with Gasteiger partial charge in [0.2, 0.25) is 5.91 Å². The molecule has 1 heterocycles. The molecule has 0 saturated carbocycles. The zero-order valence-electron chi connectivity index (χ0n) is 10.3. The van der Waals surface area contributed by atoms with Crippen molar-refractivity contribution in [1.29, 1.82) is 0 Å². The fraction of sp³-hybridized carbons (Fsp3) is 0.462. The number of rotatable bonds is 3. The summed E-state index contributed by atoms with van der Waals surface area (Å²) in [5.74, 6) is -0.390. The van der Waals surface area contributed by atoms with E-state index in [4.69, 9.17) is 4.74 Å². The van der Waals surface area contributed by atoms with Crippen molar-refractivity contribution in [1.82, 2.24) is 5.32 Å². The van der Waals surface area contributed by atoms with E-state index in [0.29, 0.717) is 5.69 Å². The van der Waals surface area contributed by atoms with E-state index in [-0.39, 0.29) is 17.7 Å². The molecular formula is C13H17FN2O2. The number of hydrogen-bond donors (Lipinski definition) is 2. The topological polar surface area (TPSA) is 50.4 Å². The lowest BCUT2D eigenvalue weighted by Crippen LogP contribution is -2.43. The summed E-state index contributed by atoms with van der Waals surface area (Å²) in [6.07, 6.45) is 3.00. The van der Waals surface area contributed by atoms with E-state index in [9.17, 15) is 9.18 Å². The summed E-state index contributed by atoms with van der Waals surface area (Å²) >= 11 is 0. The molecule has 0 aliphatic carbocycles. The predicted octanol–water partition coefficient (Wildman–Crippen LogP) is 1.91. The molecule has 5 heteroatoms. The molecule has 1 aliphatic rings. The molecule has 1 saturated heterocycles. The standard InChI is InChI=1S/C13H17FN2O2/c1-18-12-8-9(5-6-10(12)14)16-13(17)11-4-2-3-7-15-11/h5-6,8,11,15H,2-4,7H2,1H3,(H,16,17)/t11-/m1/s1. The highest BCUT2D eigenvalue weighted by Crippen LogP contribution is 2.21. The highest BCUT2D eigenvalue weighted by molar-refractivity contribution is 5.95. The molecule has 0 spiro atoms. The Labute approximate surface area is 106 Å². The largest absolute Gasteiger partial charge is 0.494 e. The van der Waals surface area contributed by atoms with Gasteiger partial charge in [-0.05, 0) is 31.5 Å². The van der Waals surface area contributed by atoms with Crippen LogP contribution in [0.2, 0.25) is 0 Å². The molecule has 18 heavy (non-hydrogen) atoms. The lowest BCUT2D eigenvalue weighted by molar-refractivity contribution is -0.118. The third-order valence-electron chi connectivity index (χ3n) is 3.05. The maximum atomic E-state index is 13.2. The van der Waals surface area contributed by atoms with Crippen LogP contribution in [0, 0.1) is 5.82 Å². The molecule has 0 unspecified atom stereocenters. The lowest BCUT2D eigenvalue weighted by atomic mass is 10.0. The molecule has 1 aromatic carbocycles. The van der Waals surface area contributed by atoms with Crippen LogP contribution in [0.15, 0.2) is 18.2 Å². The maximum Gasteiger partial charge on any atom is 0.241 e. The first-order valence-corrected chi connectivity index (χ1v) is 6.08. The highest BCUT2D eigenvalue weighted by atomic mass is 19.1. The van der Waals surface area contributed by atoms with Crippen LogP contribution in [0.1, 0.15) is 19.3 Å². The van der Waals surface area contributed by atoms with Crippen LogP contribution >= 0.6 is 0 Å². The van der Waals surface area contributed by atoms with Gasteiger partial charge in [0.25, 0.3) is 0 Å². The van der Waals surface area contributed by atoms with Crippen molar-refractivity contribution in [2.24, 2.45) is 0 Å². The van der Waals surface area contributed by atoms with Crippen LogP contribution in [0.5, 0.6) is 5.75 Å². The van der Waals surface area contributed by atoms with Crippen molar-refractivity contribution >= 4 is 11.6 Å². The summed E-state index contributed by atoms with van der Waals surface area (Å²) in [4.78, 5) is 11.9. The summed E-state index contributed by atoms with van der Waals surface area (Å²) < 4.78 is 18.1. The van der Waals surface area contributed by atoms with E-state index in [0.717, 1.165) is 25.8 Å². The molecule has 98 valence electrons. The van der Waals surface area contributed by atoms with E-state index in [1.165, 1.54) is 25.3 Å². The molecule has 1 fully saturated rings. The van der Waals surface area contributed by atoms with E-state index < -0.39 is 5.82 Å². The maximum absolute atomic E-state index is 13.2. The SMILES string of the molecule is COc1cc(NC(=O)[C@H]2CCCCN2)ccc1F. The molecule has 0 radical (unpaired) electrons. The van der Waals surface area contributed by atoms with Gasteiger partial charge in [-0.2, -0.15) is 0 Å². The zero-order chi connectivity index (χ0) is 13.0. The van der Waals surface area contributed by atoms with Crippen molar-refractivity contribution in [3.8, 4) is 5.75 Å². The second kappa shape index (κ2) is 5.82. The number of nitrogens with one attached hydrogen (secondary N) is 2. The molecule has 1 aliphatic heterocycles. The molecule has 0 aromatic heterocycles. The van der Waals surface area contributed by atoms with Gasteiger partial charge in [-0.15, -0.1) is 0 Å². The fourth-order valence-electron chi connectivity index (χ4n) is 2.04. The second-order valence-corrected chi connectivity index (χ2v) is 4.34.